The highest BCUT2D eigenvalue weighted by atomic mass is 15.0. The molecule has 0 aliphatic heterocycles. The molecule has 0 aliphatic carbocycles. The van der Waals surface area contributed by atoms with Gasteiger partial charge in [-0.2, -0.15) is 0 Å². The number of nitrogens with zero attached hydrogens (tertiary/aromatic N) is 3. The summed E-state index contributed by atoms with van der Waals surface area (Å²) < 4.78 is 0. The number of hydrogen-bond donors (Lipinski definition) is 2. The second-order valence-corrected chi connectivity index (χ2v) is 3.48. The molecule has 0 spiro atoms. The molecule has 0 fully saturated rings. The van der Waals surface area contributed by atoms with Gasteiger partial charge in [0, 0.05) is 12.4 Å². The Morgan fingerprint density at radius 1 is 1.25 bits per heavy atom. The first kappa shape index (κ1) is 10.4. The molecule has 0 saturated carbocycles. The number of nitrogen functional groups attached to an aromatic ring is 1. The minimum absolute atomic E-state index is 0.131. The van der Waals surface area contributed by atoms with Gasteiger partial charge in [0.05, 0.1) is 18.4 Å². The van der Waals surface area contributed by atoms with Gasteiger partial charge in [-0.25, -0.2) is 9.97 Å². The number of aromatic nitrogens is 3. The van der Waals surface area contributed by atoms with Gasteiger partial charge >= 0.3 is 0 Å². The van der Waals surface area contributed by atoms with E-state index in [0.29, 0.717) is 11.6 Å². The monoisotopic (exact) mass is 215 g/mol. The Hall–Kier alpha value is -2.17. The van der Waals surface area contributed by atoms with E-state index in [1.807, 2.05) is 25.3 Å². The van der Waals surface area contributed by atoms with Gasteiger partial charge in [0.2, 0.25) is 0 Å². The second kappa shape index (κ2) is 4.57. The van der Waals surface area contributed by atoms with Crippen molar-refractivity contribution in [2.45, 2.75) is 13.0 Å². The average Bonchev–Trinajstić information content (AvgIpc) is 2.33. The van der Waals surface area contributed by atoms with Gasteiger partial charge < -0.3 is 11.1 Å². The summed E-state index contributed by atoms with van der Waals surface area (Å²) in [6, 6.07) is 4.05. The fourth-order valence-corrected chi connectivity index (χ4v) is 1.35. The molecule has 5 heteroatoms. The minimum atomic E-state index is 0.131. The Balaban J connectivity index is 2.08. The third-order valence-corrected chi connectivity index (χ3v) is 2.22. The summed E-state index contributed by atoms with van der Waals surface area (Å²) in [6.45, 7) is 2.04. The molecule has 0 bridgehead atoms. The molecule has 1 atom stereocenters. The van der Waals surface area contributed by atoms with Crippen molar-refractivity contribution >= 4 is 11.6 Å². The zero-order valence-electron chi connectivity index (χ0n) is 8.96. The Morgan fingerprint density at radius 3 is 2.75 bits per heavy atom. The zero-order valence-corrected chi connectivity index (χ0v) is 8.96. The average molecular weight is 215 g/mol. The fraction of sp³-hybridized carbons (Fsp3) is 0.182. The molecule has 1 unspecified atom stereocenters. The molecule has 0 radical (unpaired) electrons. The lowest BCUT2D eigenvalue weighted by Crippen LogP contribution is -2.08. The highest BCUT2D eigenvalue weighted by Crippen LogP contribution is 2.15. The van der Waals surface area contributed by atoms with Gasteiger partial charge in [-0.3, -0.25) is 4.98 Å². The minimum Gasteiger partial charge on any atom is -0.382 e. The van der Waals surface area contributed by atoms with Crippen LogP contribution in [0.25, 0.3) is 0 Å². The van der Waals surface area contributed by atoms with Crippen molar-refractivity contribution in [2.24, 2.45) is 0 Å². The van der Waals surface area contributed by atoms with Crippen LogP contribution in [-0.4, -0.2) is 15.0 Å². The maximum absolute atomic E-state index is 5.46. The summed E-state index contributed by atoms with van der Waals surface area (Å²) in [5.41, 5.74) is 6.56. The molecular formula is C11H13N5. The van der Waals surface area contributed by atoms with E-state index in [1.165, 1.54) is 6.20 Å². The quantitative estimate of drug-likeness (QED) is 0.813. The largest absolute Gasteiger partial charge is 0.382 e. The van der Waals surface area contributed by atoms with Crippen LogP contribution >= 0.6 is 0 Å². The highest BCUT2D eigenvalue weighted by Gasteiger charge is 2.05. The topological polar surface area (TPSA) is 76.7 Å². The standard InChI is InChI=1S/C11H13N5/c1-8(9-3-2-4-13-5-9)16-11-7-14-10(12)6-15-11/h2-8H,1H3,(H2,12,14)(H,15,16). The number of nitrogens with two attached hydrogens (primary N) is 1. The summed E-state index contributed by atoms with van der Waals surface area (Å²) >= 11 is 0. The molecule has 0 amide bonds. The number of anilines is 2. The SMILES string of the molecule is CC(Nc1cnc(N)cn1)c1cccnc1. The van der Waals surface area contributed by atoms with E-state index in [9.17, 15) is 0 Å². The van der Waals surface area contributed by atoms with Crippen LogP contribution in [0, 0.1) is 0 Å². The molecule has 0 aliphatic rings. The van der Waals surface area contributed by atoms with Crippen LogP contribution in [0.5, 0.6) is 0 Å². The summed E-state index contributed by atoms with van der Waals surface area (Å²) in [7, 11) is 0. The maximum atomic E-state index is 5.46. The molecule has 2 rings (SSSR count). The molecule has 0 aromatic carbocycles. The predicted octanol–water partition coefficient (Wildman–Crippen LogP) is 1.63. The molecule has 5 nitrogen and oxygen atoms in total. The molecule has 16 heavy (non-hydrogen) atoms. The van der Waals surface area contributed by atoms with Gasteiger partial charge in [0.25, 0.3) is 0 Å². The van der Waals surface area contributed by atoms with E-state index in [1.54, 1.807) is 12.4 Å². The van der Waals surface area contributed by atoms with Gasteiger partial charge in [-0.1, -0.05) is 6.07 Å². The fourth-order valence-electron chi connectivity index (χ4n) is 1.35. The number of nitrogens with one attached hydrogen (secondary N) is 1. The Bertz CT molecular complexity index is 440. The van der Waals surface area contributed by atoms with Crippen molar-refractivity contribution < 1.29 is 0 Å². The van der Waals surface area contributed by atoms with Crippen LogP contribution in [0.15, 0.2) is 36.9 Å². The smallest absolute Gasteiger partial charge is 0.145 e. The highest BCUT2D eigenvalue weighted by molar-refractivity contribution is 5.38. The van der Waals surface area contributed by atoms with Crippen LogP contribution in [0.2, 0.25) is 0 Å². The molecule has 2 aromatic rings. The summed E-state index contributed by atoms with van der Waals surface area (Å²) in [5.74, 6) is 1.12. The van der Waals surface area contributed by atoms with Crippen LogP contribution in [0.3, 0.4) is 0 Å². The molecule has 3 N–H and O–H groups in total. The number of rotatable bonds is 3. The lowest BCUT2D eigenvalue weighted by atomic mass is 10.1. The lowest BCUT2D eigenvalue weighted by Gasteiger charge is -2.13. The van der Waals surface area contributed by atoms with E-state index in [4.69, 9.17) is 5.73 Å². The second-order valence-electron chi connectivity index (χ2n) is 3.48. The van der Waals surface area contributed by atoms with Gasteiger partial charge in [0.1, 0.15) is 11.6 Å². The molecule has 0 saturated heterocycles. The van der Waals surface area contributed by atoms with Gasteiger partial charge in [0.15, 0.2) is 0 Å². The predicted molar refractivity (Wildman–Crippen MR) is 62.7 cm³/mol. The number of hydrogen-bond acceptors (Lipinski definition) is 5. The first-order valence-electron chi connectivity index (χ1n) is 4.99. The molecule has 2 aromatic heterocycles. The van der Waals surface area contributed by atoms with E-state index in [2.05, 4.69) is 20.3 Å². The molecule has 82 valence electrons. The third kappa shape index (κ3) is 2.44. The van der Waals surface area contributed by atoms with Crippen molar-refractivity contribution in [3.05, 3.63) is 42.5 Å². The van der Waals surface area contributed by atoms with Crippen molar-refractivity contribution in [3.63, 3.8) is 0 Å². The number of pyridine rings is 1. The zero-order chi connectivity index (χ0) is 11.4. The van der Waals surface area contributed by atoms with Crippen LogP contribution in [0.4, 0.5) is 11.6 Å². The van der Waals surface area contributed by atoms with Gasteiger partial charge in [-0.15, -0.1) is 0 Å². The lowest BCUT2D eigenvalue weighted by molar-refractivity contribution is 0.864. The first-order chi connectivity index (χ1) is 7.75. The summed E-state index contributed by atoms with van der Waals surface area (Å²) in [6.07, 6.45) is 6.71. The Kier molecular flexibility index (Phi) is 2.95. The normalized spacial score (nSPS) is 12.1. The van der Waals surface area contributed by atoms with Crippen LogP contribution in [0.1, 0.15) is 18.5 Å². The van der Waals surface area contributed by atoms with Crippen molar-refractivity contribution in [1.29, 1.82) is 0 Å². The van der Waals surface area contributed by atoms with Crippen LogP contribution in [-0.2, 0) is 0 Å². The van der Waals surface area contributed by atoms with E-state index >= 15 is 0 Å². The van der Waals surface area contributed by atoms with E-state index in [0.717, 1.165) is 5.56 Å². The maximum Gasteiger partial charge on any atom is 0.145 e. The Labute approximate surface area is 93.8 Å². The van der Waals surface area contributed by atoms with Crippen molar-refractivity contribution in [2.75, 3.05) is 11.1 Å². The van der Waals surface area contributed by atoms with Crippen molar-refractivity contribution in [1.82, 2.24) is 15.0 Å². The molecule has 2 heterocycles. The van der Waals surface area contributed by atoms with E-state index in [-0.39, 0.29) is 6.04 Å². The summed E-state index contributed by atoms with van der Waals surface area (Å²) in [4.78, 5) is 12.2. The molecular weight excluding hydrogens is 202 g/mol. The first-order valence-corrected chi connectivity index (χ1v) is 4.99. The Morgan fingerprint density at radius 2 is 2.12 bits per heavy atom. The summed E-state index contributed by atoms with van der Waals surface area (Å²) in [5, 5.41) is 3.22. The third-order valence-electron chi connectivity index (χ3n) is 2.22. The van der Waals surface area contributed by atoms with Crippen LogP contribution < -0.4 is 11.1 Å². The van der Waals surface area contributed by atoms with Crippen molar-refractivity contribution in [3.8, 4) is 0 Å². The van der Waals surface area contributed by atoms with E-state index < -0.39 is 0 Å². The van der Waals surface area contributed by atoms with Gasteiger partial charge in [-0.05, 0) is 18.6 Å².